The minimum Gasteiger partial charge on any atom is -0.359 e. The number of fused-ring (bicyclic) bond motifs is 2. The number of aromatic nitrogens is 2. The average Bonchev–Trinajstić information content (AvgIpc) is 3.01. The quantitative estimate of drug-likeness (QED) is 0.757. The molecule has 3 heterocycles. The fraction of sp³-hybridized carbons (Fsp3) is 0.111. The number of carbonyl (C=O) groups excluding carboxylic acids is 1. The van der Waals surface area contributed by atoms with Crippen LogP contribution in [0.15, 0.2) is 67.5 Å². The smallest absolute Gasteiger partial charge is 0.258 e. The van der Waals surface area contributed by atoms with Gasteiger partial charge in [-0.2, -0.15) is 0 Å². The highest BCUT2D eigenvalue weighted by atomic mass is 16.2. The molecule has 114 valence electrons. The largest absolute Gasteiger partial charge is 0.359 e. The number of carbonyl (C=O) groups is 1. The first-order valence-electron chi connectivity index (χ1n) is 7.49. The zero-order valence-electron chi connectivity index (χ0n) is 12.5. The lowest BCUT2D eigenvalue weighted by Crippen LogP contribution is -2.43. The van der Waals surface area contributed by atoms with E-state index in [1.54, 1.807) is 11.0 Å². The molecule has 1 aliphatic heterocycles. The van der Waals surface area contributed by atoms with Crippen molar-refractivity contribution in [2.45, 2.75) is 6.17 Å². The van der Waals surface area contributed by atoms with E-state index in [4.69, 9.17) is 0 Å². The standard InChI is InChI=1S/C18H16N4O/c1-2-10-22-17(15-12-21-11-6-5-9-16(21)19-15)20-14-8-4-3-7-13(14)18(22)23/h2-9,11-12,17,20H,1,10H2/t17-/m1/s1. The third-order valence-corrected chi connectivity index (χ3v) is 4.01. The number of benzene rings is 1. The van der Waals surface area contributed by atoms with Crippen molar-refractivity contribution in [2.24, 2.45) is 0 Å². The van der Waals surface area contributed by atoms with E-state index in [0.29, 0.717) is 12.1 Å². The van der Waals surface area contributed by atoms with Crippen molar-refractivity contribution in [3.05, 3.63) is 78.8 Å². The molecule has 4 rings (SSSR count). The Balaban J connectivity index is 1.82. The normalized spacial score (nSPS) is 17.0. The van der Waals surface area contributed by atoms with Gasteiger partial charge in [0.2, 0.25) is 0 Å². The monoisotopic (exact) mass is 304 g/mol. The van der Waals surface area contributed by atoms with Gasteiger partial charge >= 0.3 is 0 Å². The first-order valence-corrected chi connectivity index (χ1v) is 7.49. The lowest BCUT2D eigenvalue weighted by atomic mass is 10.1. The van der Waals surface area contributed by atoms with Crippen molar-refractivity contribution in [2.75, 3.05) is 11.9 Å². The van der Waals surface area contributed by atoms with Gasteiger partial charge in [0.25, 0.3) is 5.91 Å². The summed E-state index contributed by atoms with van der Waals surface area (Å²) in [7, 11) is 0. The summed E-state index contributed by atoms with van der Waals surface area (Å²) in [5.74, 6) is -0.0127. The highest BCUT2D eigenvalue weighted by molar-refractivity contribution is 6.01. The second-order valence-corrected chi connectivity index (χ2v) is 5.47. The molecule has 0 unspecified atom stereocenters. The molecule has 0 aliphatic carbocycles. The zero-order chi connectivity index (χ0) is 15.8. The van der Waals surface area contributed by atoms with Gasteiger partial charge in [0.05, 0.1) is 5.56 Å². The molecule has 0 fully saturated rings. The molecule has 5 heteroatoms. The van der Waals surface area contributed by atoms with E-state index in [0.717, 1.165) is 17.0 Å². The molecule has 0 saturated carbocycles. The van der Waals surface area contributed by atoms with Crippen molar-refractivity contribution in [3.63, 3.8) is 0 Å². The maximum absolute atomic E-state index is 12.8. The number of nitrogens with one attached hydrogen (secondary N) is 1. The molecule has 0 saturated heterocycles. The summed E-state index contributed by atoms with van der Waals surface area (Å²) < 4.78 is 1.95. The summed E-state index contributed by atoms with van der Waals surface area (Å²) in [4.78, 5) is 19.2. The van der Waals surface area contributed by atoms with Crippen LogP contribution in [0.5, 0.6) is 0 Å². The van der Waals surface area contributed by atoms with Gasteiger partial charge in [0.1, 0.15) is 17.5 Å². The van der Waals surface area contributed by atoms with E-state index in [1.165, 1.54) is 0 Å². The topological polar surface area (TPSA) is 49.6 Å². The maximum Gasteiger partial charge on any atom is 0.258 e. The van der Waals surface area contributed by atoms with Crippen LogP contribution in [0.2, 0.25) is 0 Å². The molecule has 0 radical (unpaired) electrons. The van der Waals surface area contributed by atoms with Crippen LogP contribution < -0.4 is 5.32 Å². The number of pyridine rings is 1. The van der Waals surface area contributed by atoms with Crippen LogP contribution in [0.3, 0.4) is 0 Å². The Morgan fingerprint density at radius 3 is 2.87 bits per heavy atom. The zero-order valence-corrected chi connectivity index (χ0v) is 12.5. The third-order valence-electron chi connectivity index (χ3n) is 4.01. The summed E-state index contributed by atoms with van der Waals surface area (Å²) in [6.45, 7) is 4.23. The highest BCUT2D eigenvalue weighted by Crippen LogP contribution is 2.32. The molecule has 2 aromatic heterocycles. The lowest BCUT2D eigenvalue weighted by molar-refractivity contribution is 0.0704. The first-order chi connectivity index (χ1) is 11.3. The van der Waals surface area contributed by atoms with Crippen LogP contribution in [0, 0.1) is 0 Å². The molecule has 23 heavy (non-hydrogen) atoms. The SMILES string of the molecule is C=CCN1C(=O)c2ccccc2N[C@H]1c1cn2ccccc2n1. The number of imidazole rings is 1. The van der Waals surface area contributed by atoms with Crippen molar-refractivity contribution in [1.29, 1.82) is 0 Å². The van der Waals surface area contributed by atoms with Gasteiger partial charge in [-0.15, -0.1) is 6.58 Å². The van der Waals surface area contributed by atoms with Crippen molar-refractivity contribution < 1.29 is 4.79 Å². The van der Waals surface area contributed by atoms with Gasteiger partial charge in [-0.1, -0.05) is 24.3 Å². The molecule has 1 atom stereocenters. The van der Waals surface area contributed by atoms with Crippen LogP contribution in [0.4, 0.5) is 5.69 Å². The van der Waals surface area contributed by atoms with Crippen LogP contribution in [0.25, 0.3) is 5.65 Å². The predicted octanol–water partition coefficient (Wildman–Crippen LogP) is 3.09. The highest BCUT2D eigenvalue weighted by Gasteiger charge is 2.33. The van der Waals surface area contributed by atoms with Gasteiger partial charge in [-0.25, -0.2) is 4.98 Å². The third kappa shape index (κ3) is 2.17. The number of hydrogen-bond donors (Lipinski definition) is 1. The Kier molecular flexibility index (Phi) is 3.12. The lowest BCUT2D eigenvalue weighted by Gasteiger charge is -2.36. The van der Waals surface area contributed by atoms with E-state index in [-0.39, 0.29) is 12.1 Å². The second-order valence-electron chi connectivity index (χ2n) is 5.47. The van der Waals surface area contributed by atoms with E-state index >= 15 is 0 Å². The molecule has 1 aliphatic rings. The Hall–Kier alpha value is -3.08. The fourth-order valence-corrected chi connectivity index (χ4v) is 2.94. The molecule has 1 N–H and O–H groups in total. The number of hydrogen-bond acceptors (Lipinski definition) is 3. The molecule has 3 aromatic rings. The minimum atomic E-state index is -0.310. The number of nitrogens with zero attached hydrogens (tertiary/aromatic N) is 3. The second kappa shape index (κ2) is 5.28. The molecule has 0 bridgehead atoms. The fourth-order valence-electron chi connectivity index (χ4n) is 2.94. The summed E-state index contributed by atoms with van der Waals surface area (Å²) >= 11 is 0. The summed E-state index contributed by atoms with van der Waals surface area (Å²) in [5.41, 5.74) is 3.17. The molecular formula is C18H16N4O. The molecule has 1 amide bonds. The van der Waals surface area contributed by atoms with E-state index in [9.17, 15) is 4.79 Å². The maximum atomic E-state index is 12.8. The summed E-state index contributed by atoms with van der Waals surface area (Å²) in [5, 5.41) is 3.42. The van der Waals surface area contributed by atoms with Gasteiger partial charge < -0.3 is 14.6 Å². The van der Waals surface area contributed by atoms with Crippen molar-refractivity contribution in [3.8, 4) is 0 Å². The van der Waals surface area contributed by atoms with Crippen LogP contribution in [-0.4, -0.2) is 26.7 Å². The number of anilines is 1. The Bertz CT molecular complexity index is 866. The van der Waals surface area contributed by atoms with Crippen molar-refractivity contribution in [1.82, 2.24) is 14.3 Å². The summed E-state index contributed by atoms with van der Waals surface area (Å²) in [6.07, 6.45) is 5.32. The minimum absolute atomic E-state index is 0.0127. The van der Waals surface area contributed by atoms with E-state index in [2.05, 4.69) is 16.9 Å². The average molecular weight is 304 g/mol. The first kappa shape index (κ1) is 13.6. The van der Waals surface area contributed by atoms with E-state index < -0.39 is 0 Å². The van der Waals surface area contributed by atoms with Crippen molar-refractivity contribution >= 4 is 17.2 Å². The predicted molar refractivity (Wildman–Crippen MR) is 89.2 cm³/mol. The van der Waals surface area contributed by atoms with Gasteiger partial charge in [0.15, 0.2) is 0 Å². The number of rotatable bonds is 3. The van der Waals surface area contributed by atoms with Gasteiger partial charge in [-0.05, 0) is 24.3 Å². The van der Waals surface area contributed by atoms with Crippen LogP contribution in [0.1, 0.15) is 22.2 Å². The molecular weight excluding hydrogens is 288 g/mol. The van der Waals surface area contributed by atoms with Gasteiger partial charge in [-0.3, -0.25) is 4.79 Å². The number of amides is 1. The molecule has 5 nitrogen and oxygen atoms in total. The summed E-state index contributed by atoms with van der Waals surface area (Å²) in [6, 6.07) is 13.4. The van der Waals surface area contributed by atoms with Crippen LogP contribution in [-0.2, 0) is 0 Å². The van der Waals surface area contributed by atoms with Gasteiger partial charge in [0, 0.05) is 24.6 Å². The van der Waals surface area contributed by atoms with Crippen LogP contribution >= 0.6 is 0 Å². The number of para-hydroxylation sites is 1. The Labute approximate surface area is 133 Å². The molecule has 1 aromatic carbocycles. The van der Waals surface area contributed by atoms with E-state index in [1.807, 2.05) is 59.3 Å². The Morgan fingerprint density at radius 2 is 2.04 bits per heavy atom. The Morgan fingerprint density at radius 1 is 1.22 bits per heavy atom. The molecule has 0 spiro atoms.